The molecule has 1 heterocycles. The minimum absolute atomic E-state index is 0.0182. The first-order chi connectivity index (χ1) is 15.6. The number of hydrogen-bond acceptors (Lipinski definition) is 4. The van der Waals surface area contributed by atoms with Crippen LogP contribution in [0.3, 0.4) is 0 Å². The van der Waals surface area contributed by atoms with Crippen molar-refractivity contribution in [3.05, 3.63) is 59.2 Å². The van der Waals surface area contributed by atoms with E-state index < -0.39 is 16.1 Å². The number of nitrogens with zero attached hydrogens (tertiary/aromatic N) is 1. The molecule has 0 spiro atoms. The van der Waals surface area contributed by atoms with Gasteiger partial charge in [0.25, 0.3) is 0 Å². The first-order valence-corrected chi connectivity index (χ1v) is 12.9. The van der Waals surface area contributed by atoms with Crippen LogP contribution in [0, 0.1) is 12.8 Å². The number of carbonyl (C=O) groups is 2. The van der Waals surface area contributed by atoms with E-state index in [-0.39, 0.29) is 22.6 Å². The number of aryl methyl sites for hydroxylation is 1. The summed E-state index contributed by atoms with van der Waals surface area (Å²) in [4.78, 5) is 26.7. The number of amides is 2. The summed E-state index contributed by atoms with van der Waals surface area (Å²) in [6.45, 7) is 8.42. The summed E-state index contributed by atoms with van der Waals surface area (Å²) in [5, 5.41) is 2.86. The summed E-state index contributed by atoms with van der Waals surface area (Å²) in [7, 11) is -3.91. The number of hydrogen-bond donors (Lipinski definition) is 2. The van der Waals surface area contributed by atoms with E-state index in [2.05, 4.69) is 10.0 Å². The highest BCUT2D eigenvalue weighted by Gasteiger charge is 2.30. The molecule has 0 fully saturated rings. The Hall–Kier alpha value is -2.71. The van der Waals surface area contributed by atoms with Gasteiger partial charge in [0.1, 0.15) is 6.04 Å². The Morgan fingerprint density at radius 3 is 2.42 bits per heavy atom. The highest BCUT2D eigenvalue weighted by molar-refractivity contribution is 7.89. The molecule has 33 heavy (non-hydrogen) atoms. The molecule has 1 aliphatic rings. The molecule has 0 radical (unpaired) electrons. The second-order valence-corrected chi connectivity index (χ2v) is 10.5. The van der Waals surface area contributed by atoms with Crippen molar-refractivity contribution in [1.29, 1.82) is 0 Å². The zero-order valence-corrected chi connectivity index (χ0v) is 20.5. The Kier molecular flexibility index (Phi) is 7.92. The Bertz CT molecular complexity index is 1110. The van der Waals surface area contributed by atoms with Crippen LogP contribution in [0.5, 0.6) is 0 Å². The fourth-order valence-corrected chi connectivity index (χ4v) is 5.31. The highest BCUT2D eigenvalue weighted by atomic mass is 32.2. The van der Waals surface area contributed by atoms with Gasteiger partial charge in [-0.05, 0) is 55.0 Å². The molecule has 2 amide bonds. The standard InChI is InChI=1S/C25H33N3O4S/c1-5-23(29)28-15-13-20-16-21(10-11-22(20)28)33(31,32)27-24(17(2)3)25(30)26-14-12-19-8-6-18(4)7-9-19/h6-11,16-17,24,27H,5,12-15H2,1-4H3,(H,26,30)/t24-/m1/s1. The molecule has 0 aliphatic carbocycles. The number of nitrogens with one attached hydrogen (secondary N) is 2. The number of sulfonamides is 1. The molecule has 2 aromatic carbocycles. The fraction of sp³-hybridized carbons (Fsp3) is 0.440. The molecule has 0 saturated heterocycles. The molecule has 2 aromatic rings. The lowest BCUT2D eigenvalue weighted by Crippen LogP contribution is -2.49. The van der Waals surface area contributed by atoms with Gasteiger partial charge in [-0.2, -0.15) is 4.72 Å². The van der Waals surface area contributed by atoms with E-state index in [0.29, 0.717) is 32.4 Å². The van der Waals surface area contributed by atoms with Gasteiger partial charge in [-0.3, -0.25) is 9.59 Å². The summed E-state index contributed by atoms with van der Waals surface area (Å²) in [6.07, 6.45) is 1.68. The summed E-state index contributed by atoms with van der Waals surface area (Å²) in [5.41, 5.74) is 3.86. The number of rotatable bonds is 9. The Labute approximate surface area is 196 Å². The average Bonchev–Trinajstić information content (AvgIpc) is 3.21. The van der Waals surface area contributed by atoms with Crippen LogP contribution in [0.1, 0.15) is 43.9 Å². The van der Waals surface area contributed by atoms with Gasteiger partial charge in [0, 0.05) is 25.2 Å². The topological polar surface area (TPSA) is 95.6 Å². The van der Waals surface area contributed by atoms with Crippen LogP contribution in [0.4, 0.5) is 5.69 Å². The zero-order valence-electron chi connectivity index (χ0n) is 19.7. The second-order valence-electron chi connectivity index (χ2n) is 8.81. The largest absolute Gasteiger partial charge is 0.354 e. The molecule has 1 aliphatic heterocycles. The minimum Gasteiger partial charge on any atom is -0.354 e. The third-order valence-electron chi connectivity index (χ3n) is 5.93. The Balaban J connectivity index is 1.67. The zero-order chi connectivity index (χ0) is 24.2. The van der Waals surface area contributed by atoms with Crippen LogP contribution in [0.2, 0.25) is 0 Å². The van der Waals surface area contributed by atoms with Crippen molar-refractivity contribution in [1.82, 2.24) is 10.0 Å². The lowest BCUT2D eigenvalue weighted by molar-refractivity contribution is -0.123. The van der Waals surface area contributed by atoms with Gasteiger partial charge in [-0.15, -0.1) is 0 Å². The molecule has 0 unspecified atom stereocenters. The molecular weight excluding hydrogens is 438 g/mol. The third-order valence-corrected chi connectivity index (χ3v) is 7.36. The van der Waals surface area contributed by atoms with Gasteiger partial charge in [0.05, 0.1) is 4.90 Å². The first kappa shape index (κ1) is 24.9. The Morgan fingerprint density at radius 2 is 1.79 bits per heavy atom. The van der Waals surface area contributed by atoms with Crippen molar-refractivity contribution in [3.63, 3.8) is 0 Å². The normalized spacial score (nSPS) is 14.3. The molecule has 0 aromatic heterocycles. The van der Waals surface area contributed by atoms with Gasteiger partial charge in [0.2, 0.25) is 21.8 Å². The monoisotopic (exact) mass is 471 g/mol. The second kappa shape index (κ2) is 10.5. The molecule has 0 saturated carbocycles. The van der Waals surface area contributed by atoms with Gasteiger partial charge in [-0.1, -0.05) is 50.6 Å². The molecule has 7 nitrogen and oxygen atoms in total. The maximum Gasteiger partial charge on any atom is 0.241 e. The number of carbonyl (C=O) groups excluding carboxylic acids is 2. The Morgan fingerprint density at radius 1 is 1.09 bits per heavy atom. The quantitative estimate of drug-likeness (QED) is 0.588. The van der Waals surface area contributed by atoms with Gasteiger partial charge in [-0.25, -0.2) is 8.42 Å². The van der Waals surface area contributed by atoms with Crippen LogP contribution in [-0.2, 0) is 32.5 Å². The molecule has 0 bridgehead atoms. The average molecular weight is 472 g/mol. The molecule has 3 rings (SSSR count). The predicted octanol–water partition coefficient (Wildman–Crippen LogP) is 2.96. The van der Waals surface area contributed by atoms with Gasteiger partial charge < -0.3 is 10.2 Å². The summed E-state index contributed by atoms with van der Waals surface area (Å²) < 4.78 is 28.7. The minimum atomic E-state index is -3.91. The van der Waals surface area contributed by atoms with Crippen LogP contribution < -0.4 is 14.9 Å². The molecule has 8 heteroatoms. The molecule has 178 valence electrons. The predicted molar refractivity (Wildman–Crippen MR) is 130 cm³/mol. The molecule has 1 atom stereocenters. The first-order valence-electron chi connectivity index (χ1n) is 11.4. The van der Waals surface area contributed by atoms with E-state index in [4.69, 9.17) is 0 Å². The number of benzene rings is 2. The SMILES string of the molecule is CCC(=O)N1CCc2cc(S(=O)(=O)N[C@@H](C(=O)NCCc3ccc(C)cc3)C(C)C)ccc21. The summed E-state index contributed by atoms with van der Waals surface area (Å²) in [6, 6.07) is 12.0. The maximum absolute atomic E-state index is 13.1. The highest BCUT2D eigenvalue weighted by Crippen LogP contribution is 2.30. The van der Waals surface area contributed by atoms with Crippen molar-refractivity contribution in [2.45, 2.75) is 57.9 Å². The molecule has 2 N–H and O–H groups in total. The van der Waals surface area contributed by atoms with E-state index in [1.165, 1.54) is 11.6 Å². The summed E-state index contributed by atoms with van der Waals surface area (Å²) in [5.74, 6) is -0.558. The van der Waals surface area contributed by atoms with Crippen molar-refractivity contribution >= 4 is 27.5 Å². The van der Waals surface area contributed by atoms with E-state index in [9.17, 15) is 18.0 Å². The van der Waals surface area contributed by atoms with Crippen LogP contribution in [0.25, 0.3) is 0 Å². The van der Waals surface area contributed by atoms with Crippen LogP contribution in [0.15, 0.2) is 47.4 Å². The third kappa shape index (κ3) is 6.00. The van der Waals surface area contributed by atoms with E-state index in [0.717, 1.165) is 16.8 Å². The van der Waals surface area contributed by atoms with Crippen molar-refractivity contribution in [2.75, 3.05) is 18.0 Å². The van der Waals surface area contributed by atoms with Gasteiger partial charge in [0.15, 0.2) is 0 Å². The van der Waals surface area contributed by atoms with E-state index in [1.807, 2.05) is 45.0 Å². The number of fused-ring (bicyclic) bond motifs is 1. The van der Waals surface area contributed by atoms with Crippen molar-refractivity contribution < 1.29 is 18.0 Å². The van der Waals surface area contributed by atoms with E-state index in [1.54, 1.807) is 24.0 Å². The van der Waals surface area contributed by atoms with Gasteiger partial charge >= 0.3 is 0 Å². The smallest absolute Gasteiger partial charge is 0.241 e. The lowest BCUT2D eigenvalue weighted by atomic mass is 10.0. The number of anilines is 1. The maximum atomic E-state index is 13.1. The van der Waals surface area contributed by atoms with Crippen molar-refractivity contribution in [3.8, 4) is 0 Å². The summed E-state index contributed by atoms with van der Waals surface area (Å²) >= 11 is 0. The van der Waals surface area contributed by atoms with Crippen LogP contribution in [-0.4, -0.2) is 39.4 Å². The fourth-order valence-electron chi connectivity index (χ4n) is 3.92. The lowest BCUT2D eigenvalue weighted by Gasteiger charge is -2.22. The van der Waals surface area contributed by atoms with Crippen LogP contribution >= 0.6 is 0 Å². The van der Waals surface area contributed by atoms with Crippen molar-refractivity contribution in [2.24, 2.45) is 5.92 Å². The molecular formula is C25H33N3O4S. The van der Waals surface area contributed by atoms with E-state index >= 15 is 0 Å².